The smallest absolute Gasteiger partial charge is 0.230 e. The van der Waals surface area contributed by atoms with Gasteiger partial charge >= 0.3 is 0 Å². The van der Waals surface area contributed by atoms with Crippen LogP contribution in [0.15, 0.2) is 42.7 Å². The number of nitrogen functional groups attached to an aromatic ring is 1. The number of hydrogen-bond donors (Lipinski definition) is 2. The average molecular weight is 378 g/mol. The van der Waals surface area contributed by atoms with E-state index in [0.717, 1.165) is 30.8 Å². The van der Waals surface area contributed by atoms with Crippen molar-refractivity contribution in [3.63, 3.8) is 0 Å². The second-order valence-electron chi connectivity index (χ2n) is 6.35. The number of aromatic nitrogens is 5. The summed E-state index contributed by atoms with van der Waals surface area (Å²) in [7, 11) is 0. The molecule has 4 rings (SSSR count). The molecule has 9 heteroatoms. The summed E-state index contributed by atoms with van der Waals surface area (Å²) in [5.74, 6) is 2.17. The number of pyridine rings is 2. The Hall–Kier alpha value is -3.33. The van der Waals surface area contributed by atoms with Crippen molar-refractivity contribution in [3.8, 4) is 11.4 Å². The molecule has 0 aliphatic carbocycles. The first kappa shape index (κ1) is 18.1. The lowest BCUT2D eigenvalue weighted by molar-refractivity contribution is 0.122. The lowest BCUT2D eigenvalue weighted by Crippen LogP contribution is -2.37. The molecule has 0 spiro atoms. The lowest BCUT2D eigenvalue weighted by atomic mass is 10.2. The molecule has 3 N–H and O–H groups in total. The van der Waals surface area contributed by atoms with Crippen molar-refractivity contribution in [1.82, 2.24) is 24.9 Å². The third kappa shape index (κ3) is 4.49. The molecule has 0 radical (unpaired) electrons. The van der Waals surface area contributed by atoms with Crippen LogP contribution in [0.4, 0.5) is 17.7 Å². The summed E-state index contributed by atoms with van der Waals surface area (Å²) >= 11 is 0. The van der Waals surface area contributed by atoms with Gasteiger partial charge < -0.3 is 20.7 Å². The molecule has 1 aliphatic rings. The van der Waals surface area contributed by atoms with E-state index >= 15 is 0 Å². The van der Waals surface area contributed by atoms with Gasteiger partial charge in [0, 0.05) is 49.7 Å². The Bertz CT molecular complexity index is 898. The minimum atomic E-state index is 0.458. The fourth-order valence-electron chi connectivity index (χ4n) is 2.86. The third-order valence-electron chi connectivity index (χ3n) is 4.35. The van der Waals surface area contributed by atoms with Gasteiger partial charge in [-0.3, -0.25) is 4.98 Å². The zero-order valence-electron chi connectivity index (χ0n) is 15.5. The molecule has 1 fully saturated rings. The van der Waals surface area contributed by atoms with Crippen molar-refractivity contribution in [2.24, 2.45) is 0 Å². The van der Waals surface area contributed by atoms with E-state index in [-0.39, 0.29) is 0 Å². The van der Waals surface area contributed by atoms with Crippen molar-refractivity contribution in [2.75, 3.05) is 48.8 Å². The van der Waals surface area contributed by atoms with Crippen LogP contribution in [0.3, 0.4) is 0 Å². The quantitative estimate of drug-likeness (QED) is 0.656. The summed E-state index contributed by atoms with van der Waals surface area (Å²) in [6.45, 7) is 3.48. The average Bonchev–Trinajstić information content (AvgIpc) is 2.75. The molecule has 1 aliphatic heterocycles. The molecule has 4 heterocycles. The standard InChI is InChI=1S/C19H22N8O/c20-16-5-4-14(13-23-16)17-24-18(22-8-6-15-3-1-2-7-21-15)26-19(25-17)27-9-11-28-12-10-27/h1-5,7,13H,6,8-12H2,(H2,20,23)(H,22,24,25,26). The van der Waals surface area contributed by atoms with E-state index in [1.165, 1.54) is 0 Å². The summed E-state index contributed by atoms with van der Waals surface area (Å²) in [5.41, 5.74) is 7.50. The van der Waals surface area contributed by atoms with Crippen LogP contribution in [0.1, 0.15) is 5.69 Å². The Morgan fingerprint density at radius 2 is 1.93 bits per heavy atom. The Labute approximate surface area is 163 Å². The first-order chi connectivity index (χ1) is 13.8. The van der Waals surface area contributed by atoms with Crippen LogP contribution in [-0.2, 0) is 11.2 Å². The number of nitrogens with two attached hydrogens (primary N) is 1. The molecule has 3 aromatic rings. The second-order valence-corrected chi connectivity index (χ2v) is 6.35. The van der Waals surface area contributed by atoms with Gasteiger partial charge in [-0.05, 0) is 24.3 Å². The first-order valence-electron chi connectivity index (χ1n) is 9.22. The van der Waals surface area contributed by atoms with Gasteiger partial charge in [0.25, 0.3) is 0 Å². The largest absolute Gasteiger partial charge is 0.384 e. The number of morpholine rings is 1. The monoisotopic (exact) mass is 378 g/mol. The highest BCUT2D eigenvalue weighted by Gasteiger charge is 2.17. The fraction of sp³-hybridized carbons (Fsp3) is 0.316. The molecular formula is C19H22N8O. The van der Waals surface area contributed by atoms with Crippen LogP contribution in [0.2, 0.25) is 0 Å². The SMILES string of the molecule is Nc1ccc(-c2nc(NCCc3ccccn3)nc(N3CCOCC3)n2)cn1. The third-order valence-corrected chi connectivity index (χ3v) is 4.35. The maximum atomic E-state index is 5.70. The van der Waals surface area contributed by atoms with Gasteiger partial charge in [-0.1, -0.05) is 6.07 Å². The van der Waals surface area contributed by atoms with Crippen molar-refractivity contribution in [3.05, 3.63) is 48.4 Å². The Morgan fingerprint density at radius 3 is 2.68 bits per heavy atom. The number of nitrogens with zero attached hydrogens (tertiary/aromatic N) is 6. The van der Waals surface area contributed by atoms with Gasteiger partial charge in [0.15, 0.2) is 5.82 Å². The molecule has 0 atom stereocenters. The van der Waals surface area contributed by atoms with Crippen molar-refractivity contribution >= 4 is 17.7 Å². The molecule has 3 aromatic heterocycles. The van der Waals surface area contributed by atoms with Crippen LogP contribution in [0.5, 0.6) is 0 Å². The zero-order valence-corrected chi connectivity index (χ0v) is 15.5. The number of ether oxygens (including phenoxy) is 1. The lowest BCUT2D eigenvalue weighted by Gasteiger charge is -2.27. The highest BCUT2D eigenvalue weighted by atomic mass is 16.5. The molecular weight excluding hydrogens is 356 g/mol. The highest BCUT2D eigenvalue weighted by Crippen LogP contribution is 2.20. The van der Waals surface area contributed by atoms with E-state index < -0.39 is 0 Å². The molecule has 0 saturated carbocycles. The van der Waals surface area contributed by atoms with E-state index in [9.17, 15) is 0 Å². The molecule has 0 unspecified atom stereocenters. The van der Waals surface area contributed by atoms with E-state index in [0.29, 0.717) is 43.3 Å². The maximum Gasteiger partial charge on any atom is 0.230 e. The van der Waals surface area contributed by atoms with E-state index in [1.807, 2.05) is 24.3 Å². The summed E-state index contributed by atoms with van der Waals surface area (Å²) < 4.78 is 5.43. The molecule has 1 saturated heterocycles. The highest BCUT2D eigenvalue weighted by molar-refractivity contribution is 5.58. The Morgan fingerprint density at radius 1 is 1.04 bits per heavy atom. The maximum absolute atomic E-state index is 5.70. The number of nitrogens with one attached hydrogen (secondary N) is 1. The van der Waals surface area contributed by atoms with E-state index in [4.69, 9.17) is 10.5 Å². The normalized spacial score (nSPS) is 14.1. The first-order valence-corrected chi connectivity index (χ1v) is 9.22. The van der Waals surface area contributed by atoms with Gasteiger partial charge in [0.2, 0.25) is 11.9 Å². The number of anilines is 3. The zero-order chi connectivity index (χ0) is 19.2. The predicted molar refractivity (Wildman–Crippen MR) is 107 cm³/mol. The van der Waals surface area contributed by atoms with Gasteiger partial charge in [0.1, 0.15) is 5.82 Å². The minimum Gasteiger partial charge on any atom is -0.384 e. The molecule has 9 nitrogen and oxygen atoms in total. The number of hydrogen-bond acceptors (Lipinski definition) is 9. The van der Waals surface area contributed by atoms with E-state index in [1.54, 1.807) is 18.5 Å². The summed E-state index contributed by atoms with van der Waals surface area (Å²) in [4.78, 5) is 24.4. The van der Waals surface area contributed by atoms with Crippen LogP contribution < -0.4 is 16.0 Å². The van der Waals surface area contributed by atoms with Gasteiger partial charge in [-0.2, -0.15) is 15.0 Å². The van der Waals surface area contributed by atoms with Crippen LogP contribution in [0, 0.1) is 0 Å². The minimum absolute atomic E-state index is 0.458. The Kier molecular flexibility index (Phi) is 5.53. The summed E-state index contributed by atoms with van der Waals surface area (Å²) in [6, 6.07) is 9.48. The van der Waals surface area contributed by atoms with Crippen LogP contribution in [0.25, 0.3) is 11.4 Å². The van der Waals surface area contributed by atoms with Crippen molar-refractivity contribution < 1.29 is 4.74 Å². The second kappa shape index (κ2) is 8.57. The number of rotatable bonds is 6. The molecule has 144 valence electrons. The van der Waals surface area contributed by atoms with E-state index in [2.05, 4.69) is 35.1 Å². The van der Waals surface area contributed by atoms with Gasteiger partial charge in [-0.15, -0.1) is 0 Å². The van der Waals surface area contributed by atoms with Gasteiger partial charge in [0.05, 0.1) is 13.2 Å². The summed E-state index contributed by atoms with van der Waals surface area (Å²) in [6.07, 6.45) is 4.24. The summed E-state index contributed by atoms with van der Waals surface area (Å²) in [5, 5.41) is 3.29. The topological polar surface area (TPSA) is 115 Å². The van der Waals surface area contributed by atoms with Crippen molar-refractivity contribution in [1.29, 1.82) is 0 Å². The van der Waals surface area contributed by atoms with Crippen LogP contribution in [-0.4, -0.2) is 57.8 Å². The molecule has 0 bridgehead atoms. The van der Waals surface area contributed by atoms with Crippen molar-refractivity contribution in [2.45, 2.75) is 6.42 Å². The molecule has 28 heavy (non-hydrogen) atoms. The fourth-order valence-corrected chi connectivity index (χ4v) is 2.86. The molecule has 0 amide bonds. The predicted octanol–water partition coefficient (Wildman–Crippen LogP) is 1.40. The molecule has 0 aromatic carbocycles. The van der Waals surface area contributed by atoms with Gasteiger partial charge in [-0.25, -0.2) is 4.98 Å². The Balaban J connectivity index is 1.56. The van der Waals surface area contributed by atoms with Crippen LogP contribution >= 0.6 is 0 Å².